The van der Waals surface area contributed by atoms with Crippen LogP contribution >= 0.6 is 0 Å². The second-order valence-electron chi connectivity index (χ2n) is 5.84. The number of carbonyl (C=O) groups excluding carboxylic acids is 1. The molecule has 0 aromatic heterocycles. The molecule has 2 aliphatic rings. The van der Waals surface area contributed by atoms with Gasteiger partial charge in [-0.15, -0.1) is 0 Å². The first-order valence-electron chi connectivity index (χ1n) is 7.60. The highest BCUT2D eigenvalue weighted by Crippen LogP contribution is 2.38. The average Bonchev–Trinajstić information content (AvgIpc) is 3.12. The molecular weight excluding hydrogens is 278 g/mol. The van der Waals surface area contributed by atoms with Gasteiger partial charge < -0.3 is 4.74 Å². The van der Waals surface area contributed by atoms with E-state index in [0.29, 0.717) is 19.4 Å². The third kappa shape index (κ3) is 3.17. The Morgan fingerprint density at radius 3 is 2.50 bits per heavy atom. The third-order valence-corrected chi connectivity index (χ3v) is 6.82. The van der Waals surface area contributed by atoms with Crippen LogP contribution in [0.4, 0.5) is 0 Å². The number of ether oxygens (including phenoxy) is 1. The Morgan fingerprint density at radius 2 is 1.95 bits per heavy atom. The second-order valence-corrected chi connectivity index (χ2v) is 7.94. The topological polar surface area (TPSA) is 63.7 Å². The summed E-state index contributed by atoms with van der Waals surface area (Å²) in [7, 11) is -2.05. The smallest absolute Gasteiger partial charge is 0.310 e. The number of carbonyl (C=O) groups is 1. The minimum Gasteiger partial charge on any atom is -0.469 e. The molecule has 0 heterocycles. The maximum Gasteiger partial charge on any atom is 0.310 e. The lowest BCUT2D eigenvalue weighted by Gasteiger charge is -2.27. The van der Waals surface area contributed by atoms with Gasteiger partial charge >= 0.3 is 5.97 Å². The van der Waals surface area contributed by atoms with Crippen molar-refractivity contribution in [2.75, 3.05) is 13.7 Å². The van der Waals surface area contributed by atoms with E-state index in [-0.39, 0.29) is 12.0 Å². The van der Waals surface area contributed by atoms with Crippen molar-refractivity contribution < 1.29 is 17.9 Å². The van der Waals surface area contributed by atoms with E-state index < -0.39 is 21.2 Å². The number of nitrogens with zero attached hydrogens (tertiary/aromatic N) is 1. The zero-order valence-electron chi connectivity index (χ0n) is 12.4. The van der Waals surface area contributed by atoms with Gasteiger partial charge in [0.1, 0.15) is 0 Å². The first kappa shape index (κ1) is 15.8. The molecule has 2 saturated carbocycles. The van der Waals surface area contributed by atoms with Crippen LogP contribution in [0.15, 0.2) is 0 Å². The van der Waals surface area contributed by atoms with Gasteiger partial charge in [0.15, 0.2) is 0 Å². The summed E-state index contributed by atoms with van der Waals surface area (Å²) in [6.45, 7) is 2.65. The van der Waals surface area contributed by atoms with Crippen molar-refractivity contribution in [2.24, 2.45) is 5.92 Å². The maximum atomic E-state index is 12.9. The molecule has 0 aromatic carbocycles. The normalized spacial score (nSPS) is 26.9. The van der Waals surface area contributed by atoms with E-state index in [2.05, 4.69) is 6.92 Å². The fourth-order valence-electron chi connectivity index (χ4n) is 3.07. The van der Waals surface area contributed by atoms with Crippen molar-refractivity contribution in [3.05, 3.63) is 0 Å². The van der Waals surface area contributed by atoms with Crippen LogP contribution in [0.5, 0.6) is 0 Å². The summed E-state index contributed by atoms with van der Waals surface area (Å²) in [5.41, 5.74) is 0. The van der Waals surface area contributed by atoms with Gasteiger partial charge in [0, 0.05) is 12.6 Å². The van der Waals surface area contributed by atoms with Gasteiger partial charge in [-0.3, -0.25) is 4.79 Å². The highest BCUT2D eigenvalue weighted by Gasteiger charge is 2.47. The molecule has 0 aromatic rings. The Balaban J connectivity index is 2.16. The molecule has 2 atom stereocenters. The highest BCUT2D eigenvalue weighted by molar-refractivity contribution is 7.89. The van der Waals surface area contributed by atoms with Crippen LogP contribution in [0.2, 0.25) is 0 Å². The lowest BCUT2D eigenvalue weighted by atomic mass is 10.1. The Labute approximate surface area is 121 Å². The standard InChI is InChI=1S/C14H25NO4S/c1-3-4-10-15(11-8-9-11)20(17,18)13-7-5-6-12(13)14(16)19-2/h11-13H,3-10H2,1-2H3. The van der Waals surface area contributed by atoms with E-state index in [9.17, 15) is 13.2 Å². The third-order valence-electron chi connectivity index (χ3n) is 4.35. The van der Waals surface area contributed by atoms with Crippen LogP contribution in [0.25, 0.3) is 0 Å². The van der Waals surface area contributed by atoms with Crippen LogP contribution in [-0.2, 0) is 19.6 Å². The number of unbranched alkanes of at least 4 members (excludes halogenated alkanes) is 1. The lowest BCUT2D eigenvalue weighted by molar-refractivity contribution is -0.145. The number of methoxy groups -OCH3 is 1. The number of sulfonamides is 1. The number of rotatable bonds is 7. The molecule has 6 heteroatoms. The molecule has 0 amide bonds. The molecule has 0 N–H and O–H groups in total. The Kier molecular flexibility index (Phi) is 5.07. The van der Waals surface area contributed by atoms with E-state index in [1.807, 2.05) is 0 Å². The summed E-state index contributed by atoms with van der Waals surface area (Å²) in [6.07, 6.45) is 5.77. The van der Waals surface area contributed by atoms with Gasteiger partial charge in [0.2, 0.25) is 10.0 Å². The van der Waals surface area contributed by atoms with Crippen LogP contribution < -0.4 is 0 Å². The van der Waals surface area contributed by atoms with Crippen LogP contribution in [0.1, 0.15) is 51.9 Å². The fraction of sp³-hybridized carbons (Fsp3) is 0.929. The zero-order chi connectivity index (χ0) is 14.8. The molecule has 116 valence electrons. The molecular formula is C14H25NO4S. The fourth-order valence-corrected chi connectivity index (χ4v) is 5.56. The minimum absolute atomic E-state index is 0.172. The predicted octanol–water partition coefficient (Wildman–Crippen LogP) is 1.92. The molecule has 20 heavy (non-hydrogen) atoms. The summed E-state index contributed by atoms with van der Waals surface area (Å²) in [5, 5.41) is -0.576. The minimum atomic E-state index is -3.38. The van der Waals surface area contributed by atoms with Crippen molar-refractivity contribution in [3.8, 4) is 0 Å². The first-order valence-corrected chi connectivity index (χ1v) is 9.11. The summed E-state index contributed by atoms with van der Waals surface area (Å²) in [5.74, 6) is -0.852. The predicted molar refractivity (Wildman–Crippen MR) is 76.7 cm³/mol. The van der Waals surface area contributed by atoms with Crippen LogP contribution in [0, 0.1) is 5.92 Å². The zero-order valence-corrected chi connectivity index (χ0v) is 13.2. The van der Waals surface area contributed by atoms with Gasteiger partial charge in [0.05, 0.1) is 18.3 Å². The second kappa shape index (κ2) is 6.43. The molecule has 5 nitrogen and oxygen atoms in total. The van der Waals surface area contributed by atoms with E-state index in [4.69, 9.17) is 4.74 Å². The molecule has 2 aliphatic carbocycles. The Morgan fingerprint density at radius 1 is 1.25 bits per heavy atom. The van der Waals surface area contributed by atoms with Crippen molar-refractivity contribution in [3.63, 3.8) is 0 Å². The van der Waals surface area contributed by atoms with Gasteiger partial charge in [-0.25, -0.2) is 8.42 Å². The SMILES string of the molecule is CCCCN(C1CC1)S(=O)(=O)C1CCCC1C(=O)OC. The van der Waals surface area contributed by atoms with Gasteiger partial charge in [-0.2, -0.15) is 4.31 Å². The number of esters is 1. The van der Waals surface area contributed by atoms with Crippen molar-refractivity contribution in [1.82, 2.24) is 4.31 Å². The van der Waals surface area contributed by atoms with E-state index in [1.54, 1.807) is 4.31 Å². The molecule has 2 fully saturated rings. The van der Waals surface area contributed by atoms with Crippen molar-refractivity contribution in [2.45, 2.75) is 63.2 Å². The van der Waals surface area contributed by atoms with Gasteiger partial charge in [-0.1, -0.05) is 19.8 Å². The molecule has 0 saturated heterocycles. The molecule has 2 unspecified atom stereocenters. The lowest BCUT2D eigenvalue weighted by Crippen LogP contribution is -2.44. The van der Waals surface area contributed by atoms with Gasteiger partial charge in [-0.05, 0) is 32.1 Å². The van der Waals surface area contributed by atoms with Crippen molar-refractivity contribution >= 4 is 16.0 Å². The summed E-state index contributed by atoms with van der Waals surface area (Å²) >= 11 is 0. The Hall–Kier alpha value is -0.620. The first-order chi connectivity index (χ1) is 9.52. The summed E-state index contributed by atoms with van der Waals surface area (Å²) in [6, 6.07) is 0.172. The molecule has 0 aliphatic heterocycles. The van der Waals surface area contributed by atoms with E-state index in [0.717, 1.165) is 32.1 Å². The van der Waals surface area contributed by atoms with Crippen LogP contribution in [0.3, 0.4) is 0 Å². The average molecular weight is 303 g/mol. The molecule has 0 spiro atoms. The Bertz CT molecular complexity index is 444. The summed E-state index contributed by atoms with van der Waals surface area (Å²) < 4.78 is 32.2. The monoisotopic (exact) mass is 303 g/mol. The summed E-state index contributed by atoms with van der Waals surface area (Å²) in [4.78, 5) is 11.8. The molecule has 0 bridgehead atoms. The van der Waals surface area contributed by atoms with Crippen molar-refractivity contribution in [1.29, 1.82) is 0 Å². The quantitative estimate of drug-likeness (QED) is 0.674. The molecule has 0 radical (unpaired) electrons. The number of hydrogen-bond donors (Lipinski definition) is 0. The van der Waals surface area contributed by atoms with Crippen LogP contribution in [-0.4, -0.2) is 43.6 Å². The number of hydrogen-bond acceptors (Lipinski definition) is 4. The largest absolute Gasteiger partial charge is 0.469 e. The molecule has 2 rings (SSSR count). The van der Waals surface area contributed by atoms with E-state index >= 15 is 0 Å². The van der Waals surface area contributed by atoms with E-state index in [1.165, 1.54) is 7.11 Å². The van der Waals surface area contributed by atoms with Gasteiger partial charge in [0.25, 0.3) is 0 Å². The maximum absolute atomic E-state index is 12.9. The highest BCUT2D eigenvalue weighted by atomic mass is 32.2.